The number of rotatable bonds is 4. The number of benzene rings is 1. The minimum Gasteiger partial charge on any atom is -0.348 e. The Kier molecular flexibility index (Phi) is 4.44. The van der Waals surface area contributed by atoms with Gasteiger partial charge < -0.3 is 5.32 Å². The molecule has 2 aromatic heterocycles. The van der Waals surface area contributed by atoms with E-state index in [9.17, 15) is 4.79 Å². The lowest BCUT2D eigenvalue weighted by molar-refractivity contribution is 0.0949. The molecule has 0 saturated heterocycles. The Labute approximate surface area is 147 Å². The summed E-state index contributed by atoms with van der Waals surface area (Å²) in [5, 5.41) is 11.9. The third-order valence-electron chi connectivity index (χ3n) is 4.60. The van der Waals surface area contributed by atoms with Crippen LogP contribution in [0.1, 0.15) is 38.7 Å². The number of aryl methyl sites for hydroxylation is 3. The Bertz CT molecular complexity index is 921. The van der Waals surface area contributed by atoms with Gasteiger partial charge in [-0.25, -0.2) is 4.68 Å². The van der Waals surface area contributed by atoms with E-state index in [1.54, 1.807) is 4.68 Å². The minimum absolute atomic E-state index is 0.102. The van der Waals surface area contributed by atoms with E-state index in [2.05, 4.69) is 15.5 Å². The molecule has 1 aromatic carbocycles. The Hall–Kier alpha value is -2.89. The van der Waals surface area contributed by atoms with Crippen LogP contribution in [-0.2, 0) is 13.6 Å². The lowest BCUT2D eigenvalue weighted by Gasteiger charge is -2.07. The number of aromatic nitrogens is 4. The molecule has 0 fully saturated rings. The predicted octanol–water partition coefficient (Wildman–Crippen LogP) is 2.77. The zero-order chi connectivity index (χ0) is 18.1. The summed E-state index contributed by atoms with van der Waals surface area (Å²) in [4.78, 5) is 12.6. The number of para-hydroxylation sites is 1. The van der Waals surface area contributed by atoms with Crippen molar-refractivity contribution in [3.8, 4) is 5.69 Å². The van der Waals surface area contributed by atoms with Gasteiger partial charge in [0.15, 0.2) is 0 Å². The van der Waals surface area contributed by atoms with Crippen molar-refractivity contribution in [2.75, 3.05) is 0 Å². The standard InChI is InChI=1S/C19H23N5O/c1-12-17(14(3)24(22-12)16-9-7-6-8-10-16)11-20-19(25)18-13(2)21-23(5)15(18)4/h6-10H,11H2,1-5H3,(H,20,25). The molecule has 0 aliphatic heterocycles. The molecule has 3 rings (SSSR count). The molecule has 1 N–H and O–H groups in total. The van der Waals surface area contributed by atoms with Crippen LogP contribution in [0.4, 0.5) is 0 Å². The summed E-state index contributed by atoms with van der Waals surface area (Å²) >= 11 is 0. The summed E-state index contributed by atoms with van der Waals surface area (Å²) in [6, 6.07) is 9.99. The van der Waals surface area contributed by atoms with Gasteiger partial charge in [0.1, 0.15) is 0 Å². The predicted molar refractivity (Wildman–Crippen MR) is 96.9 cm³/mol. The van der Waals surface area contributed by atoms with E-state index in [-0.39, 0.29) is 5.91 Å². The van der Waals surface area contributed by atoms with Crippen molar-refractivity contribution in [3.05, 3.63) is 64.2 Å². The molecule has 0 bridgehead atoms. The number of carbonyl (C=O) groups is 1. The molecule has 0 atom stereocenters. The Balaban J connectivity index is 1.82. The lowest BCUT2D eigenvalue weighted by Crippen LogP contribution is -2.24. The summed E-state index contributed by atoms with van der Waals surface area (Å²) in [5.74, 6) is -0.102. The first kappa shape index (κ1) is 17.0. The first-order valence-corrected chi connectivity index (χ1v) is 8.29. The maximum absolute atomic E-state index is 12.6. The first-order chi connectivity index (χ1) is 11.9. The van der Waals surface area contributed by atoms with Crippen LogP contribution in [-0.4, -0.2) is 25.5 Å². The van der Waals surface area contributed by atoms with Crippen LogP contribution in [0.2, 0.25) is 0 Å². The SMILES string of the molecule is Cc1nn(-c2ccccc2)c(C)c1CNC(=O)c1c(C)nn(C)c1C. The van der Waals surface area contributed by atoms with E-state index < -0.39 is 0 Å². The molecule has 0 aliphatic rings. The van der Waals surface area contributed by atoms with Gasteiger partial charge in [-0.3, -0.25) is 9.48 Å². The second-order valence-electron chi connectivity index (χ2n) is 6.25. The Morgan fingerprint density at radius 2 is 1.68 bits per heavy atom. The number of nitrogens with zero attached hydrogens (tertiary/aromatic N) is 4. The van der Waals surface area contributed by atoms with Crippen LogP contribution < -0.4 is 5.32 Å². The second kappa shape index (κ2) is 6.55. The lowest BCUT2D eigenvalue weighted by atomic mass is 10.1. The molecule has 0 aliphatic carbocycles. The van der Waals surface area contributed by atoms with Gasteiger partial charge in [-0.15, -0.1) is 0 Å². The number of amides is 1. The fourth-order valence-electron chi connectivity index (χ4n) is 3.11. The van der Waals surface area contributed by atoms with Crippen molar-refractivity contribution in [1.29, 1.82) is 0 Å². The van der Waals surface area contributed by atoms with Gasteiger partial charge in [0.25, 0.3) is 5.91 Å². The largest absolute Gasteiger partial charge is 0.348 e. The minimum atomic E-state index is -0.102. The van der Waals surface area contributed by atoms with Gasteiger partial charge in [-0.2, -0.15) is 10.2 Å². The summed E-state index contributed by atoms with van der Waals surface area (Å²) in [6.45, 7) is 8.19. The number of hydrogen-bond donors (Lipinski definition) is 1. The average molecular weight is 337 g/mol. The smallest absolute Gasteiger partial charge is 0.255 e. The van der Waals surface area contributed by atoms with Crippen LogP contribution in [0.5, 0.6) is 0 Å². The quantitative estimate of drug-likeness (QED) is 0.796. The molecular weight excluding hydrogens is 314 g/mol. The van der Waals surface area contributed by atoms with E-state index in [4.69, 9.17) is 0 Å². The molecule has 25 heavy (non-hydrogen) atoms. The average Bonchev–Trinajstić information content (AvgIpc) is 3.01. The summed E-state index contributed by atoms with van der Waals surface area (Å²) in [6.07, 6.45) is 0. The highest BCUT2D eigenvalue weighted by atomic mass is 16.1. The second-order valence-corrected chi connectivity index (χ2v) is 6.25. The number of hydrogen-bond acceptors (Lipinski definition) is 3. The fraction of sp³-hybridized carbons (Fsp3) is 0.316. The van der Waals surface area contributed by atoms with Gasteiger partial charge in [-0.05, 0) is 39.8 Å². The number of carbonyl (C=O) groups excluding carboxylic acids is 1. The zero-order valence-corrected chi connectivity index (χ0v) is 15.3. The third kappa shape index (κ3) is 3.07. The van der Waals surface area contributed by atoms with Gasteiger partial charge in [0.2, 0.25) is 0 Å². The Morgan fingerprint density at radius 1 is 1.00 bits per heavy atom. The van der Waals surface area contributed by atoms with E-state index >= 15 is 0 Å². The summed E-state index contributed by atoms with van der Waals surface area (Å²) < 4.78 is 3.64. The van der Waals surface area contributed by atoms with E-state index in [1.807, 2.05) is 69.8 Å². The number of nitrogens with one attached hydrogen (secondary N) is 1. The highest BCUT2D eigenvalue weighted by Crippen LogP contribution is 2.18. The highest BCUT2D eigenvalue weighted by molar-refractivity contribution is 5.96. The van der Waals surface area contributed by atoms with Crippen molar-refractivity contribution < 1.29 is 4.79 Å². The molecule has 0 radical (unpaired) electrons. The molecular formula is C19H23N5O. The van der Waals surface area contributed by atoms with Crippen LogP contribution in [0.15, 0.2) is 30.3 Å². The van der Waals surface area contributed by atoms with Crippen LogP contribution >= 0.6 is 0 Å². The molecule has 130 valence electrons. The van der Waals surface area contributed by atoms with Crippen LogP contribution in [0.3, 0.4) is 0 Å². The van der Waals surface area contributed by atoms with Crippen molar-refractivity contribution >= 4 is 5.91 Å². The highest BCUT2D eigenvalue weighted by Gasteiger charge is 2.19. The molecule has 1 amide bonds. The van der Waals surface area contributed by atoms with Crippen LogP contribution in [0.25, 0.3) is 5.69 Å². The molecule has 0 spiro atoms. The third-order valence-corrected chi connectivity index (χ3v) is 4.60. The first-order valence-electron chi connectivity index (χ1n) is 8.29. The summed E-state index contributed by atoms with van der Waals surface area (Å²) in [5.41, 5.74) is 6.25. The van der Waals surface area contributed by atoms with Crippen LogP contribution in [0, 0.1) is 27.7 Å². The topological polar surface area (TPSA) is 64.7 Å². The maximum Gasteiger partial charge on any atom is 0.255 e. The van der Waals surface area contributed by atoms with E-state index in [1.165, 1.54) is 0 Å². The molecule has 6 heteroatoms. The van der Waals surface area contributed by atoms with Gasteiger partial charge in [0, 0.05) is 30.5 Å². The van der Waals surface area contributed by atoms with Crippen molar-refractivity contribution in [3.63, 3.8) is 0 Å². The summed E-state index contributed by atoms with van der Waals surface area (Å²) in [7, 11) is 1.84. The molecule has 6 nitrogen and oxygen atoms in total. The normalized spacial score (nSPS) is 10.9. The van der Waals surface area contributed by atoms with Gasteiger partial charge in [-0.1, -0.05) is 18.2 Å². The molecule has 2 heterocycles. The van der Waals surface area contributed by atoms with E-state index in [0.29, 0.717) is 12.1 Å². The van der Waals surface area contributed by atoms with Crippen molar-refractivity contribution in [2.45, 2.75) is 34.2 Å². The molecule has 0 unspecified atom stereocenters. The van der Waals surface area contributed by atoms with E-state index in [0.717, 1.165) is 34.0 Å². The van der Waals surface area contributed by atoms with Crippen molar-refractivity contribution in [1.82, 2.24) is 24.9 Å². The Morgan fingerprint density at radius 3 is 2.28 bits per heavy atom. The monoisotopic (exact) mass is 337 g/mol. The van der Waals surface area contributed by atoms with Gasteiger partial charge in [0.05, 0.1) is 22.6 Å². The zero-order valence-electron chi connectivity index (χ0n) is 15.3. The van der Waals surface area contributed by atoms with Crippen molar-refractivity contribution in [2.24, 2.45) is 7.05 Å². The molecule has 0 saturated carbocycles. The molecule has 3 aromatic rings. The van der Waals surface area contributed by atoms with Gasteiger partial charge >= 0.3 is 0 Å². The fourth-order valence-corrected chi connectivity index (χ4v) is 3.11. The maximum atomic E-state index is 12.6.